The van der Waals surface area contributed by atoms with Crippen LogP contribution in [0.2, 0.25) is 0 Å². The summed E-state index contributed by atoms with van der Waals surface area (Å²) in [4.78, 5) is 25.0. The molecule has 0 saturated heterocycles. The first kappa shape index (κ1) is 23.9. The van der Waals surface area contributed by atoms with E-state index in [-0.39, 0.29) is 21.7 Å². The lowest BCUT2D eigenvalue weighted by atomic mass is 10.2. The molecule has 2 N–H and O–H groups in total. The monoisotopic (exact) mass is 488 g/mol. The van der Waals surface area contributed by atoms with Crippen LogP contribution in [-0.2, 0) is 19.4 Å². The third kappa shape index (κ3) is 5.94. The zero-order valence-corrected chi connectivity index (χ0v) is 18.5. The number of amides is 2. The number of thioether (sulfide) groups is 1. The van der Waals surface area contributed by atoms with E-state index >= 15 is 0 Å². The van der Waals surface area contributed by atoms with Crippen molar-refractivity contribution >= 4 is 44.8 Å². The Bertz CT molecular complexity index is 1130. The first-order valence-corrected chi connectivity index (χ1v) is 11.9. The minimum absolute atomic E-state index is 0.0278. The molecule has 0 radical (unpaired) electrons. The number of rotatable bonds is 6. The molecule has 1 aliphatic heterocycles. The predicted octanol–water partition coefficient (Wildman–Crippen LogP) is 4.07. The van der Waals surface area contributed by atoms with E-state index in [1.807, 2.05) is 0 Å². The lowest BCUT2D eigenvalue weighted by Gasteiger charge is -2.22. The summed E-state index contributed by atoms with van der Waals surface area (Å²) in [6.45, 7) is 3.16. The average molecular weight is 489 g/mol. The molecule has 32 heavy (non-hydrogen) atoms. The Morgan fingerprint density at radius 1 is 1.22 bits per heavy atom. The highest BCUT2D eigenvalue weighted by Crippen LogP contribution is 2.37. The molecule has 0 aromatic heterocycles. The second-order valence-electron chi connectivity index (χ2n) is 7.15. The molecule has 0 unspecified atom stereocenters. The molecule has 0 bridgehead atoms. The SMILES string of the molecule is C[C@@H](CS(=O)(=O)c1ccc2c(c1)NC(=O)[C@@H](C)S2)C(=O)Nc1ccc(OC(F)(F)F)cc1. The highest BCUT2D eigenvalue weighted by atomic mass is 32.2. The molecule has 2 amide bonds. The number of nitrogens with one attached hydrogen (secondary N) is 2. The molecule has 1 aliphatic rings. The molecule has 172 valence electrons. The van der Waals surface area contributed by atoms with Gasteiger partial charge in [-0.05, 0) is 49.4 Å². The van der Waals surface area contributed by atoms with Crippen molar-refractivity contribution in [3.63, 3.8) is 0 Å². The summed E-state index contributed by atoms with van der Waals surface area (Å²) >= 11 is 1.32. The second-order valence-corrected chi connectivity index (χ2v) is 10.6. The van der Waals surface area contributed by atoms with Crippen molar-refractivity contribution in [2.45, 2.75) is 35.3 Å². The molecule has 0 spiro atoms. The van der Waals surface area contributed by atoms with Crippen molar-refractivity contribution in [3.8, 4) is 5.75 Å². The normalized spacial score (nSPS) is 17.2. The first-order valence-electron chi connectivity index (χ1n) is 9.35. The van der Waals surface area contributed by atoms with E-state index in [4.69, 9.17) is 0 Å². The van der Waals surface area contributed by atoms with E-state index < -0.39 is 39.5 Å². The molecule has 0 aliphatic carbocycles. The summed E-state index contributed by atoms with van der Waals surface area (Å²) in [5, 5.41) is 4.84. The number of hydrogen-bond acceptors (Lipinski definition) is 6. The molecule has 0 fully saturated rings. The van der Waals surface area contributed by atoms with Gasteiger partial charge in [-0.15, -0.1) is 24.9 Å². The Morgan fingerprint density at radius 2 is 1.88 bits per heavy atom. The Labute approximate surface area is 186 Å². The van der Waals surface area contributed by atoms with Crippen molar-refractivity contribution in [3.05, 3.63) is 42.5 Å². The van der Waals surface area contributed by atoms with Crippen LogP contribution in [0, 0.1) is 5.92 Å². The van der Waals surface area contributed by atoms with Crippen LogP contribution in [0.25, 0.3) is 0 Å². The van der Waals surface area contributed by atoms with Gasteiger partial charge in [0.05, 0.1) is 21.6 Å². The molecule has 12 heteroatoms. The van der Waals surface area contributed by atoms with Crippen molar-refractivity contribution in [2.24, 2.45) is 5.92 Å². The topological polar surface area (TPSA) is 102 Å². The lowest BCUT2D eigenvalue weighted by molar-refractivity contribution is -0.274. The first-order chi connectivity index (χ1) is 14.8. The Balaban J connectivity index is 1.65. The highest BCUT2D eigenvalue weighted by molar-refractivity contribution is 8.01. The predicted molar refractivity (Wildman–Crippen MR) is 113 cm³/mol. The van der Waals surface area contributed by atoms with Gasteiger partial charge in [-0.1, -0.05) is 6.92 Å². The van der Waals surface area contributed by atoms with Crippen LogP contribution in [0.5, 0.6) is 5.75 Å². The van der Waals surface area contributed by atoms with E-state index in [2.05, 4.69) is 15.4 Å². The standard InChI is InChI=1S/C20H19F3N2O5S2/c1-11(18(26)24-13-3-5-14(6-4-13)30-20(21,22)23)10-32(28,29)15-7-8-17-16(9-15)25-19(27)12(2)31-17/h3-9,11-12H,10H2,1-2H3,(H,24,26)(H,25,27)/t11-,12+/m0/s1. The van der Waals surface area contributed by atoms with Gasteiger partial charge in [0.25, 0.3) is 0 Å². The smallest absolute Gasteiger partial charge is 0.406 e. The van der Waals surface area contributed by atoms with E-state index in [0.29, 0.717) is 5.69 Å². The fourth-order valence-electron chi connectivity index (χ4n) is 2.89. The largest absolute Gasteiger partial charge is 0.573 e. The number of anilines is 2. The molecule has 7 nitrogen and oxygen atoms in total. The number of carbonyl (C=O) groups is 2. The molecular weight excluding hydrogens is 469 g/mol. The molecule has 1 heterocycles. The third-order valence-corrected chi connectivity index (χ3v) is 7.60. The van der Waals surface area contributed by atoms with Crippen molar-refractivity contribution in [2.75, 3.05) is 16.4 Å². The van der Waals surface area contributed by atoms with Crippen LogP contribution < -0.4 is 15.4 Å². The summed E-state index contributed by atoms with van der Waals surface area (Å²) < 4.78 is 66.0. The van der Waals surface area contributed by atoms with Crippen LogP contribution in [0.3, 0.4) is 0 Å². The maximum atomic E-state index is 12.8. The minimum Gasteiger partial charge on any atom is -0.406 e. The number of alkyl halides is 3. The lowest BCUT2D eigenvalue weighted by Crippen LogP contribution is -2.28. The number of benzene rings is 2. The summed E-state index contributed by atoms with van der Waals surface area (Å²) in [5.74, 6) is -2.74. The molecule has 3 rings (SSSR count). The number of ether oxygens (including phenoxy) is 1. The zero-order chi connectivity index (χ0) is 23.7. The number of hydrogen-bond donors (Lipinski definition) is 2. The van der Waals surface area contributed by atoms with Gasteiger partial charge >= 0.3 is 6.36 Å². The molecule has 0 saturated carbocycles. The molecule has 2 atom stereocenters. The fraction of sp³-hybridized carbons (Fsp3) is 0.300. The number of halogens is 3. The third-order valence-electron chi connectivity index (χ3n) is 4.51. The number of carbonyl (C=O) groups excluding carboxylic acids is 2. The Kier molecular flexibility index (Phi) is 6.75. The van der Waals surface area contributed by atoms with E-state index in [1.165, 1.54) is 43.0 Å². The maximum Gasteiger partial charge on any atom is 0.573 e. The summed E-state index contributed by atoms with van der Waals surface area (Å²) in [7, 11) is -3.85. The highest BCUT2D eigenvalue weighted by Gasteiger charge is 2.31. The Morgan fingerprint density at radius 3 is 2.50 bits per heavy atom. The minimum atomic E-state index is -4.83. The summed E-state index contributed by atoms with van der Waals surface area (Å²) in [5.41, 5.74) is 0.592. The van der Waals surface area contributed by atoms with Crippen molar-refractivity contribution in [1.82, 2.24) is 0 Å². The van der Waals surface area contributed by atoms with E-state index in [9.17, 15) is 31.2 Å². The zero-order valence-electron chi connectivity index (χ0n) is 16.9. The van der Waals surface area contributed by atoms with Crippen LogP contribution >= 0.6 is 11.8 Å². The number of fused-ring (bicyclic) bond motifs is 1. The average Bonchev–Trinajstić information content (AvgIpc) is 2.68. The van der Waals surface area contributed by atoms with Crippen LogP contribution in [-0.4, -0.2) is 37.6 Å². The Hall–Kier alpha value is -2.73. The van der Waals surface area contributed by atoms with Crippen molar-refractivity contribution in [1.29, 1.82) is 0 Å². The van der Waals surface area contributed by atoms with E-state index in [1.54, 1.807) is 13.0 Å². The molecule has 2 aromatic rings. The van der Waals surface area contributed by atoms with Gasteiger partial charge in [0.1, 0.15) is 5.75 Å². The van der Waals surface area contributed by atoms with Gasteiger partial charge in [0.15, 0.2) is 9.84 Å². The fourth-order valence-corrected chi connectivity index (χ4v) is 5.39. The van der Waals surface area contributed by atoms with Gasteiger partial charge in [0, 0.05) is 16.5 Å². The summed E-state index contributed by atoms with van der Waals surface area (Å²) in [6.07, 6.45) is -4.83. The second kappa shape index (κ2) is 9.02. The van der Waals surface area contributed by atoms with Gasteiger partial charge in [-0.25, -0.2) is 8.42 Å². The molecular formula is C20H19F3N2O5S2. The maximum absolute atomic E-state index is 12.8. The number of sulfone groups is 1. The van der Waals surface area contributed by atoms with E-state index in [0.717, 1.165) is 17.0 Å². The van der Waals surface area contributed by atoms with Gasteiger partial charge in [-0.3, -0.25) is 9.59 Å². The quantitative estimate of drug-likeness (QED) is 0.636. The van der Waals surface area contributed by atoms with Crippen LogP contribution in [0.15, 0.2) is 52.3 Å². The molecule has 2 aromatic carbocycles. The van der Waals surface area contributed by atoms with Crippen molar-refractivity contribution < 1.29 is 35.9 Å². The van der Waals surface area contributed by atoms with Crippen LogP contribution in [0.1, 0.15) is 13.8 Å². The van der Waals surface area contributed by atoms with Gasteiger partial charge < -0.3 is 15.4 Å². The van der Waals surface area contributed by atoms with Crippen LogP contribution in [0.4, 0.5) is 24.5 Å². The van der Waals surface area contributed by atoms with Gasteiger partial charge in [0.2, 0.25) is 11.8 Å². The summed E-state index contributed by atoms with van der Waals surface area (Å²) in [6, 6.07) is 8.89. The van der Waals surface area contributed by atoms with Gasteiger partial charge in [-0.2, -0.15) is 0 Å².